The van der Waals surface area contributed by atoms with E-state index in [4.69, 9.17) is 4.74 Å². The Kier molecular flexibility index (Phi) is 6.08. The molecular weight excluding hydrogens is 327 g/mol. The maximum absolute atomic E-state index is 14.0. The second-order valence-corrected chi connectivity index (χ2v) is 7.26. The first kappa shape index (κ1) is 18.6. The van der Waals surface area contributed by atoms with E-state index in [0.717, 1.165) is 17.9 Å². The molecule has 3 heteroatoms. The number of carbonyl (C=O) groups is 1. The molecule has 0 radical (unpaired) electrons. The molecule has 138 valence electrons. The fourth-order valence-electron chi connectivity index (χ4n) is 3.80. The monoisotopic (exact) mass is 354 g/mol. The molecule has 3 rings (SSSR count). The van der Waals surface area contributed by atoms with E-state index in [-0.39, 0.29) is 5.75 Å². The Morgan fingerprint density at radius 2 is 1.73 bits per heavy atom. The first-order chi connectivity index (χ1) is 12.6. The average Bonchev–Trinajstić information content (AvgIpc) is 2.69. The molecule has 0 amide bonds. The molecule has 0 atom stereocenters. The van der Waals surface area contributed by atoms with Crippen LogP contribution in [0.1, 0.15) is 73.4 Å². The van der Waals surface area contributed by atoms with Crippen molar-refractivity contribution in [3.05, 3.63) is 65.0 Å². The first-order valence-corrected chi connectivity index (χ1v) is 9.71. The number of esters is 1. The Labute approximate surface area is 155 Å². The summed E-state index contributed by atoms with van der Waals surface area (Å²) in [6.45, 7) is 4.22. The van der Waals surface area contributed by atoms with Gasteiger partial charge in [-0.15, -0.1) is 0 Å². The molecule has 1 saturated carbocycles. The van der Waals surface area contributed by atoms with E-state index in [1.807, 2.05) is 19.1 Å². The number of aryl methyl sites for hydroxylation is 1. The third kappa shape index (κ3) is 4.32. The van der Waals surface area contributed by atoms with E-state index < -0.39 is 11.8 Å². The van der Waals surface area contributed by atoms with Crippen molar-refractivity contribution in [2.24, 2.45) is 5.92 Å². The fraction of sp³-hybridized carbons (Fsp3) is 0.435. The van der Waals surface area contributed by atoms with Gasteiger partial charge in [0.2, 0.25) is 0 Å². The lowest BCUT2D eigenvalue weighted by Gasteiger charge is -2.28. The molecule has 0 spiro atoms. The van der Waals surface area contributed by atoms with Crippen LogP contribution in [0.5, 0.6) is 5.75 Å². The summed E-state index contributed by atoms with van der Waals surface area (Å²) in [6.07, 6.45) is 7.03. The molecule has 0 bridgehead atoms. The fourth-order valence-corrected chi connectivity index (χ4v) is 3.80. The molecule has 0 heterocycles. The van der Waals surface area contributed by atoms with E-state index in [1.165, 1.54) is 49.8 Å². The van der Waals surface area contributed by atoms with Crippen molar-refractivity contribution in [1.29, 1.82) is 0 Å². The van der Waals surface area contributed by atoms with Gasteiger partial charge in [-0.25, -0.2) is 9.18 Å². The standard InChI is InChI=1S/C23H27FO2/c1-3-16-5-8-18(9-6-16)19-10-12-20(13-11-19)23(25)26-22-14-7-17(4-2)15-21(22)24/h7,10-16,18H,3-6,8-9H2,1-2H3. The molecule has 2 aromatic rings. The van der Waals surface area contributed by atoms with Gasteiger partial charge < -0.3 is 4.74 Å². The van der Waals surface area contributed by atoms with Gasteiger partial charge in [0.25, 0.3) is 0 Å². The zero-order valence-corrected chi connectivity index (χ0v) is 15.6. The molecule has 0 unspecified atom stereocenters. The molecule has 26 heavy (non-hydrogen) atoms. The summed E-state index contributed by atoms with van der Waals surface area (Å²) < 4.78 is 19.2. The van der Waals surface area contributed by atoms with Crippen LogP contribution in [0.15, 0.2) is 42.5 Å². The highest BCUT2D eigenvalue weighted by Gasteiger charge is 2.21. The number of rotatable bonds is 5. The molecule has 0 aliphatic heterocycles. The van der Waals surface area contributed by atoms with Crippen molar-refractivity contribution >= 4 is 5.97 Å². The molecule has 1 aliphatic rings. The predicted molar refractivity (Wildman–Crippen MR) is 102 cm³/mol. The van der Waals surface area contributed by atoms with Crippen LogP contribution in [-0.2, 0) is 6.42 Å². The summed E-state index contributed by atoms with van der Waals surface area (Å²) in [7, 11) is 0. The Morgan fingerprint density at radius 1 is 1.04 bits per heavy atom. The number of halogens is 1. The van der Waals surface area contributed by atoms with Gasteiger partial charge in [-0.2, -0.15) is 0 Å². The smallest absolute Gasteiger partial charge is 0.343 e. The molecule has 2 aromatic carbocycles. The Balaban J connectivity index is 1.64. The number of ether oxygens (including phenoxy) is 1. The van der Waals surface area contributed by atoms with Crippen molar-refractivity contribution in [3.63, 3.8) is 0 Å². The van der Waals surface area contributed by atoms with Gasteiger partial charge in [0, 0.05) is 0 Å². The van der Waals surface area contributed by atoms with Crippen molar-refractivity contribution in [1.82, 2.24) is 0 Å². The van der Waals surface area contributed by atoms with Crippen LogP contribution in [-0.4, -0.2) is 5.97 Å². The molecule has 0 aromatic heterocycles. The Morgan fingerprint density at radius 3 is 2.31 bits per heavy atom. The van der Waals surface area contributed by atoms with Crippen LogP contribution in [0.25, 0.3) is 0 Å². The van der Waals surface area contributed by atoms with Gasteiger partial charge >= 0.3 is 5.97 Å². The second kappa shape index (κ2) is 8.48. The number of benzene rings is 2. The molecule has 2 nitrogen and oxygen atoms in total. The van der Waals surface area contributed by atoms with E-state index in [9.17, 15) is 9.18 Å². The van der Waals surface area contributed by atoms with Crippen molar-refractivity contribution in [2.75, 3.05) is 0 Å². The summed E-state index contributed by atoms with van der Waals surface area (Å²) in [5.74, 6) is 0.418. The topological polar surface area (TPSA) is 26.3 Å². The maximum atomic E-state index is 14.0. The lowest BCUT2D eigenvalue weighted by molar-refractivity contribution is 0.0728. The molecule has 1 fully saturated rings. The van der Waals surface area contributed by atoms with Gasteiger partial charge in [0.15, 0.2) is 11.6 Å². The molecule has 1 aliphatic carbocycles. The lowest BCUT2D eigenvalue weighted by atomic mass is 9.78. The third-order valence-electron chi connectivity index (χ3n) is 5.65. The van der Waals surface area contributed by atoms with Gasteiger partial charge in [-0.3, -0.25) is 0 Å². The summed E-state index contributed by atoms with van der Waals surface area (Å²) >= 11 is 0. The van der Waals surface area contributed by atoms with Crippen LogP contribution in [0, 0.1) is 11.7 Å². The van der Waals surface area contributed by atoms with Gasteiger partial charge in [0.05, 0.1) is 5.56 Å². The predicted octanol–water partition coefficient (Wildman–Crippen LogP) is 6.29. The van der Waals surface area contributed by atoms with Crippen LogP contribution in [0.3, 0.4) is 0 Å². The minimum Gasteiger partial charge on any atom is -0.420 e. The Bertz CT molecular complexity index is 743. The highest BCUT2D eigenvalue weighted by atomic mass is 19.1. The average molecular weight is 354 g/mol. The minimum absolute atomic E-state index is 0.0193. The maximum Gasteiger partial charge on any atom is 0.343 e. The third-order valence-corrected chi connectivity index (χ3v) is 5.65. The van der Waals surface area contributed by atoms with E-state index in [0.29, 0.717) is 11.5 Å². The summed E-state index contributed by atoms with van der Waals surface area (Å²) in [6, 6.07) is 12.3. The largest absolute Gasteiger partial charge is 0.420 e. The van der Waals surface area contributed by atoms with Crippen molar-refractivity contribution < 1.29 is 13.9 Å². The van der Waals surface area contributed by atoms with E-state index >= 15 is 0 Å². The summed E-state index contributed by atoms with van der Waals surface area (Å²) in [5.41, 5.74) is 2.62. The van der Waals surface area contributed by atoms with Crippen LogP contribution in [0.4, 0.5) is 4.39 Å². The van der Waals surface area contributed by atoms with Crippen LogP contribution >= 0.6 is 0 Å². The molecular formula is C23H27FO2. The normalized spacial score (nSPS) is 20.0. The van der Waals surface area contributed by atoms with Crippen molar-refractivity contribution in [2.45, 2.75) is 58.3 Å². The van der Waals surface area contributed by atoms with Crippen molar-refractivity contribution in [3.8, 4) is 5.75 Å². The molecule has 0 N–H and O–H groups in total. The van der Waals surface area contributed by atoms with Crippen LogP contribution in [0.2, 0.25) is 0 Å². The minimum atomic E-state index is -0.519. The number of hydrogen-bond acceptors (Lipinski definition) is 2. The van der Waals surface area contributed by atoms with E-state index in [1.54, 1.807) is 18.2 Å². The quantitative estimate of drug-likeness (QED) is 0.466. The summed E-state index contributed by atoms with van der Waals surface area (Å²) in [5, 5.41) is 0. The van der Waals surface area contributed by atoms with Gasteiger partial charge in [-0.1, -0.05) is 38.5 Å². The highest BCUT2D eigenvalue weighted by Crippen LogP contribution is 2.37. The van der Waals surface area contributed by atoms with E-state index in [2.05, 4.69) is 6.92 Å². The number of hydrogen-bond donors (Lipinski definition) is 0. The lowest BCUT2D eigenvalue weighted by Crippen LogP contribution is -2.13. The second-order valence-electron chi connectivity index (χ2n) is 7.26. The van der Waals surface area contributed by atoms with Crippen LogP contribution < -0.4 is 4.74 Å². The first-order valence-electron chi connectivity index (χ1n) is 9.71. The number of carbonyl (C=O) groups excluding carboxylic acids is 1. The summed E-state index contributed by atoms with van der Waals surface area (Å²) in [4.78, 5) is 12.3. The zero-order valence-electron chi connectivity index (χ0n) is 15.6. The van der Waals surface area contributed by atoms with Gasteiger partial charge in [0.1, 0.15) is 0 Å². The Hall–Kier alpha value is -2.16. The zero-order chi connectivity index (χ0) is 18.5. The highest BCUT2D eigenvalue weighted by molar-refractivity contribution is 5.91. The molecule has 0 saturated heterocycles. The SMILES string of the molecule is CCc1ccc(OC(=O)c2ccc(C3CCC(CC)CC3)cc2)c(F)c1. The van der Waals surface area contributed by atoms with Gasteiger partial charge in [-0.05, 0) is 79.3 Å².